The quantitative estimate of drug-likeness (QED) is 0.431. The predicted molar refractivity (Wildman–Crippen MR) is 126 cm³/mol. The van der Waals surface area contributed by atoms with Crippen LogP contribution in [0, 0.1) is 6.92 Å². The lowest BCUT2D eigenvalue weighted by Crippen LogP contribution is -2.35. The van der Waals surface area contributed by atoms with Gasteiger partial charge in [0.05, 0.1) is 18.2 Å². The maximum Gasteiger partial charge on any atom is 0.163 e. The van der Waals surface area contributed by atoms with Gasteiger partial charge in [0.2, 0.25) is 0 Å². The Morgan fingerprint density at radius 2 is 1.94 bits per heavy atom. The molecular weight excluding hydrogens is 388 g/mol. The zero-order chi connectivity index (χ0) is 21.6. The van der Waals surface area contributed by atoms with Crippen molar-refractivity contribution in [3.8, 4) is 11.5 Å². The molecule has 1 saturated carbocycles. The van der Waals surface area contributed by atoms with E-state index in [0.717, 1.165) is 57.8 Å². The number of nitrogens with one attached hydrogen (secondary N) is 2. The maximum atomic E-state index is 6.20. The van der Waals surface area contributed by atoms with E-state index in [4.69, 9.17) is 9.47 Å². The molecule has 0 atom stereocenters. The van der Waals surface area contributed by atoms with Gasteiger partial charge in [-0.15, -0.1) is 0 Å². The topological polar surface area (TPSA) is 62.4 Å². The zero-order valence-corrected chi connectivity index (χ0v) is 18.5. The van der Waals surface area contributed by atoms with Crippen LogP contribution in [-0.4, -0.2) is 48.2 Å². The van der Waals surface area contributed by atoms with Gasteiger partial charge in [0.25, 0.3) is 0 Å². The minimum absolute atomic E-state index is 0.145. The van der Waals surface area contributed by atoms with Crippen LogP contribution in [0.1, 0.15) is 18.5 Å². The number of aromatic nitrogens is 2. The number of fused-ring (bicyclic) bond motifs is 2. The standard InChI is InChI=1S/C25H28N4O2/c1-16-11-17-12-18(5-6-20(17)27-16)28-21-7-10-26-22-14-24(23(30-4)13-19(21)22)31-15-25(8-9-25)29(2)3/h5-7,10-14,27H,8-9,15H2,1-4H3,(H,26,28). The van der Waals surface area contributed by atoms with Crippen LogP contribution in [0.4, 0.5) is 11.4 Å². The smallest absolute Gasteiger partial charge is 0.163 e. The molecule has 1 fully saturated rings. The Kier molecular flexibility index (Phi) is 4.74. The summed E-state index contributed by atoms with van der Waals surface area (Å²) in [4.78, 5) is 10.2. The van der Waals surface area contributed by atoms with Gasteiger partial charge < -0.3 is 24.7 Å². The fraction of sp³-hybridized carbons (Fsp3) is 0.320. The monoisotopic (exact) mass is 416 g/mol. The van der Waals surface area contributed by atoms with E-state index in [9.17, 15) is 0 Å². The maximum absolute atomic E-state index is 6.20. The molecule has 5 rings (SSSR count). The van der Waals surface area contributed by atoms with Crippen molar-refractivity contribution in [3.05, 3.63) is 54.4 Å². The highest BCUT2D eigenvalue weighted by Crippen LogP contribution is 2.42. The third kappa shape index (κ3) is 3.68. The highest BCUT2D eigenvalue weighted by Gasteiger charge is 2.45. The van der Waals surface area contributed by atoms with Gasteiger partial charge in [-0.05, 0) is 70.3 Å². The summed E-state index contributed by atoms with van der Waals surface area (Å²) in [6.07, 6.45) is 4.14. The number of likely N-dealkylation sites (N-methyl/N-ethyl adjacent to an activating group) is 1. The average Bonchev–Trinajstić information content (AvgIpc) is 3.46. The number of aryl methyl sites for hydroxylation is 1. The van der Waals surface area contributed by atoms with E-state index in [-0.39, 0.29) is 5.54 Å². The van der Waals surface area contributed by atoms with Crippen molar-refractivity contribution in [1.29, 1.82) is 0 Å². The first-order chi connectivity index (χ1) is 15.0. The van der Waals surface area contributed by atoms with Crippen molar-refractivity contribution in [2.45, 2.75) is 25.3 Å². The molecule has 1 aliphatic carbocycles. The predicted octanol–water partition coefficient (Wildman–Crippen LogP) is 5.25. The number of nitrogens with zero attached hydrogens (tertiary/aromatic N) is 2. The van der Waals surface area contributed by atoms with Crippen molar-refractivity contribution in [3.63, 3.8) is 0 Å². The molecule has 0 saturated heterocycles. The SMILES string of the molecule is COc1cc2c(Nc3ccc4[nH]c(C)cc4c3)ccnc2cc1OCC1(N(C)C)CC1. The molecule has 4 aromatic rings. The number of hydrogen-bond acceptors (Lipinski definition) is 5. The zero-order valence-electron chi connectivity index (χ0n) is 18.5. The van der Waals surface area contributed by atoms with E-state index in [1.165, 1.54) is 5.39 Å². The van der Waals surface area contributed by atoms with Crippen LogP contribution in [0.15, 0.2) is 48.7 Å². The molecule has 2 aromatic carbocycles. The van der Waals surface area contributed by atoms with Crippen molar-refractivity contribution in [2.75, 3.05) is 33.1 Å². The summed E-state index contributed by atoms with van der Waals surface area (Å²) in [6.45, 7) is 2.72. The highest BCUT2D eigenvalue weighted by molar-refractivity contribution is 5.96. The van der Waals surface area contributed by atoms with Gasteiger partial charge in [-0.2, -0.15) is 0 Å². The molecule has 31 heavy (non-hydrogen) atoms. The fourth-order valence-electron chi connectivity index (χ4n) is 4.12. The molecule has 0 amide bonds. The van der Waals surface area contributed by atoms with Crippen LogP contribution in [0.25, 0.3) is 21.8 Å². The second-order valence-electron chi connectivity index (χ2n) is 8.67. The minimum Gasteiger partial charge on any atom is -0.493 e. The molecule has 160 valence electrons. The van der Waals surface area contributed by atoms with Crippen LogP contribution < -0.4 is 14.8 Å². The van der Waals surface area contributed by atoms with E-state index >= 15 is 0 Å². The molecule has 2 N–H and O–H groups in total. The molecule has 0 unspecified atom stereocenters. The average molecular weight is 417 g/mol. The summed E-state index contributed by atoms with van der Waals surface area (Å²) in [5.74, 6) is 1.45. The molecule has 2 aromatic heterocycles. The van der Waals surface area contributed by atoms with Crippen LogP contribution in [0.3, 0.4) is 0 Å². The van der Waals surface area contributed by atoms with E-state index in [1.807, 2.05) is 24.4 Å². The number of rotatable bonds is 7. The lowest BCUT2D eigenvalue weighted by Gasteiger charge is -2.24. The summed E-state index contributed by atoms with van der Waals surface area (Å²) < 4.78 is 11.9. The molecular formula is C25H28N4O2. The van der Waals surface area contributed by atoms with Crippen LogP contribution >= 0.6 is 0 Å². The number of methoxy groups -OCH3 is 1. The van der Waals surface area contributed by atoms with Crippen LogP contribution in [0.5, 0.6) is 11.5 Å². The third-order valence-electron chi connectivity index (χ3n) is 6.33. The number of H-pyrrole nitrogens is 1. The molecule has 0 spiro atoms. The molecule has 6 heteroatoms. The van der Waals surface area contributed by atoms with Crippen molar-refractivity contribution in [1.82, 2.24) is 14.9 Å². The largest absolute Gasteiger partial charge is 0.493 e. The first-order valence-corrected chi connectivity index (χ1v) is 10.6. The Bertz CT molecular complexity index is 1260. The first kappa shape index (κ1) is 19.7. The van der Waals surface area contributed by atoms with Gasteiger partial charge >= 0.3 is 0 Å². The lowest BCUT2D eigenvalue weighted by atomic mass is 10.1. The fourth-order valence-corrected chi connectivity index (χ4v) is 4.12. The van der Waals surface area contributed by atoms with Crippen LogP contribution in [-0.2, 0) is 0 Å². The van der Waals surface area contributed by atoms with Gasteiger partial charge in [0.15, 0.2) is 11.5 Å². The number of pyridine rings is 1. The van der Waals surface area contributed by atoms with E-state index in [0.29, 0.717) is 6.61 Å². The molecule has 2 heterocycles. The van der Waals surface area contributed by atoms with Gasteiger partial charge in [0, 0.05) is 45.6 Å². The molecule has 0 aliphatic heterocycles. The van der Waals surface area contributed by atoms with Crippen molar-refractivity contribution in [2.24, 2.45) is 0 Å². The normalized spacial score (nSPS) is 14.9. The summed E-state index contributed by atoms with van der Waals surface area (Å²) in [5.41, 5.74) is 5.31. The Balaban J connectivity index is 1.46. The molecule has 0 radical (unpaired) electrons. The molecule has 0 bridgehead atoms. The molecule has 1 aliphatic rings. The summed E-state index contributed by atoms with van der Waals surface area (Å²) in [6, 6.07) is 14.4. The van der Waals surface area contributed by atoms with E-state index in [1.54, 1.807) is 7.11 Å². The van der Waals surface area contributed by atoms with Crippen molar-refractivity contribution >= 4 is 33.2 Å². The number of hydrogen-bond donors (Lipinski definition) is 2. The Morgan fingerprint density at radius 1 is 1.10 bits per heavy atom. The summed E-state index contributed by atoms with van der Waals surface area (Å²) >= 11 is 0. The summed E-state index contributed by atoms with van der Waals surface area (Å²) in [5, 5.41) is 5.72. The van der Waals surface area contributed by atoms with E-state index < -0.39 is 0 Å². The number of benzene rings is 2. The second-order valence-corrected chi connectivity index (χ2v) is 8.67. The van der Waals surface area contributed by atoms with Gasteiger partial charge in [-0.1, -0.05) is 0 Å². The van der Waals surface area contributed by atoms with Crippen molar-refractivity contribution < 1.29 is 9.47 Å². The van der Waals surface area contributed by atoms with Gasteiger partial charge in [-0.25, -0.2) is 0 Å². The summed E-state index contributed by atoms with van der Waals surface area (Å²) in [7, 11) is 5.90. The number of anilines is 2. The number of aromatic amines is 1. The van der Waals surface area contributed by atoms with Gasteiger partial charge in [-0.3, -0.25) is 4.98 Å². The Hall–Kier alpha value is -3.25. The first-order valence-electron chi connectivity index (χ1n) is 10.6. The molecule has 6 nitrogen and oxygen atoms in total. The Morgan fingerprint density at radius 3 is 2.68 bits per heavy atom. The van der Waals surface area contributed by atoms with Crippen LogP contribution in [0.2, 0.25) is 0 Å². The van der Waals surface area contributed by atoms with E-state index in [2.05, 4.69) is 65.5 Å². The Labute approximate surface area is 182 Å². The lowest BCUT2D eigenvalue weighted by molar-refractivity contribution is 0.164. The number of ether oxygens (including phenoxy) is 2. The van der Waals surface area contributed by atoms with Gasteiger partial charge in [0.1, 0.15) is 6.61 Å². The third-order valence-corrected chi connectivity index (χ3v) is 6.33. The second kappa shape index (κ2) is 7.46. The minimum atomic E-state index is 0.145. The highest BCUT2D eigenvalue weighted by atomic mass is 16.5.